The maximum Gasteiger partial charge on any atom is 0.306 e. The molecule has 2 atom stereocenters. The Hall–Kier alpha value is -1.16. The molecule has 0 bridgehead atoms. The number of cyclic esters (lactones) is 1. The third kappa shape index (κ3) is 2.80. The predicted molar refractivity (Wildman–Crippen MR) is 73.1 cm³/mol. The molecule has 4 heteroatoms. The van der Waals surface area contributed by atoms with E-state index in [0.29, 0.717) is 18.8 Å². The summed E-state index contributed by atoms with van der Waals surface area (Å²) in [4.78, 5) is 11.4. The van der Waals surface area contributed by atoms with Gasteiger partial charge in [0.2, 0.25) is 0 Å². The molecule has 1 heterocycles. The van der Waals surface area contributed by atoms with Gasteiger partial charge in [-0.25, -0.2) is 0 Å². The standard InChI is InChI=1S/C14H18O3S/c1-3-18-13-7-14(16)17-8-11(13)10-5-4-9(2)6-12(10)15/h4-6,11,13,15H,3,7-8H2,1-2H3/t11-,13+/m0/s1. The molecule has 1 N–H and O–H groups in total. The van der Waals surface area contributed by atoms with Gasteiger partial charge >= 0.3 is 5.97 Å². The Bertz CT molecular complexity index is 445. The average molecular weight is 266 g/mol. The van der Waals surface area contributed by atoms with E-state index in [1.807, 2.05) is 19.1 Å². The number of hydrogen-bond acceptors (Lipinski definition) is 4. The zero-order valence-corrected chi connectivity index (χ0v) is 11.5. The molecule has 0 unspecified atom stereocenters. The molecule has 1 aliphatic rings. The van der Waals surface area contributed by atoms with Gasteiger partial charge in [0.05, 0.1) is 13.0 Å². The fourth-order valence-electron chi connectivity index (χ4n) is 2.30. The highest BCUT2D eigenvalue weighted by atomic mass is 32.2. The van der Waals surface area contributed by atoms with Gasteiger partial charge in [-0.15, -0.1) is 0 Å². The predicted octanol–water partition coefficient (Wildman–Crippen LogP) is 2.85. The summed E-state index contributed by atoms with van der Waals surface area (Å²) in [5.74, 6) is 1.22. The summed E-state index contributed by atoms with van der Waals surface area (Å²) >= 11 is 1.76. The molecule has 0 aliphatic carbocycles. The first-order chi connectivity index (χ1) is 8.61. The number of esters is 1. The van der Waals surface area contributed by atoms with Crippen molar-refractivity contribution >= 4 is 17.7 Å². The molecule has 1 fully saturated rings. The summed E-state index contributed by atoms with van der Waals surface area (Å²) in [5, 5.41) is 10.2. The number of aryl methyl sites for hydroxylation is 1. The lowest BCUT2D eigenvalue weighted by Gasteiger charge is -2.30. The van der Waals surface area contributed by atoms with Crippen LogP contribution in [-0.4, -0.2) is 28.7 Å². The average Bonchev–Trinajstić information content (AvgIpc) is 2.31. The molecule has 1 aromatic carbocycles. The molecule has 0 radical (unpaired) electrons. The normalized spacial score (nSPS) is 23.8. The van der Waals surface area contributed by atoms with Gasteiger partial charge in [0.25, 0.3) is 0 Å². The van der Waals surface area contributed by atoms with Crippen LogP contribution in [0.15, 0.2) is 18.2 Å². The summed E-state index contributed by atoms with van der Waals surface area (Å²) in [7, 11) is 0. The number of ether oxygens (including phenoxy) is 1. The minimum atomic E-state index is -0.135. The van der Waals surface area contributed by atoms with Crippen molar-refractivity contribution < 1.29 is 14.6 Å². The Morgan fingerprint density at radius 2 is 2.28 bits per heavy atom. The molecule has 98 valence electrons. The van der Waals surface area contributed by atoms with Gasteiger partial charge in [-0.1, -0.05) is 19.1 Å². The van der Waals surface area contributed by atoms with Crippen molar-refractivity contribution in [1.82, 2.24) is 0 Å². The van der Waals surface area contributed by atoms with E-state index >= 15 is 0 Å². The van der Waals surface area contributed by atoms with E-state index in [2.05, 4.69) is 6.92 Å². The second-order valence-corrected chi connectivity index (χ2v) is 6.07. The molecule has 0 aromatic heterocycles. The Morgan fingerprint density at radius 3 is 2.94 bits per heavy atom. The van der Waals surface area contributed by atoms with Gasteiger partial charge in [-0.05, 0) is 24.3 Å². The Morgan fingerprint density at radius 1 is 1.50 bits per heavy atom. The molecule has 3 nitrogen and oxygen atoms in total. The fraction of sp³-hybridized carbons (Fsp3) is 0.500. The lowest BCUT2D eigenvalue weighted by atomic mass is 9.91. The molecular formula is C14H18O3S. The number of carbonyl (C=O) groups excluding carboxylic acids is 1. The minimum absolute atomic E-state index is 0.0910. The zero-order valence-electron chi connectivity index (χ0n) is 10.7. The summed E-state index contributed by atoms with van der Waals surface area (Å²) in [6, 6.07) is 5.69. The molecule has 2 rings (SSSR count). The van der Waals surface area contributed by atoms with Gasteiger partial charge in [0.1, 0.15) is 5.75 Å². The molecule has 1 aliphatic heterocycles. The second-order valence-electron chi connectivity index (χ2n) is 4.55. The largest absolute Gasteiger partial charge is 0.508 e. The maximum absolute atomic E-state index is 11.4. The summed E-state index contributed by atoms with van der Waals surface area (Å²) in [6.07, 6.45) is 0.427. The van der Waals surface area contributed by atoms with E-state index in [9.17, 15) is 9.90 Å². The quantitative estimate of drug-likeness (QED) is 0.855. The van der Waals surface area contributed by atoms with E-state index in [4.69, 9.17) is 4.74 Å². The highest BCUT2D eigenvalue weighted by Gasteiger charge is 2.33. The van der Waals surface area contributed by atoms with Crippen LogP contribution in [0.5, 0.6) is 5.75 Å². The Balaban J connectivity index is 2.26. The molecule has 0 amide bonds. The van der Waals surface area contributed by atoms with Crippen LogP contribution >= 0.6 is 11.8 Å². The van der Waals surface area contributed by atoms with Crippen LogP contribution in [0.25, 0.3) is 0 Å². The molecular weight excluding hydrogens is 248 g/mol. The smallest absolute Gasteiger partial charge is 0.306 e. The first kappa shape index (κ1) is 13.3. The number of rotatable bonds is 3. The monoisotopic (exact) mass is 266 g/mol. The van der Waals surface area contributed by atoms with Crippen LogP contribution in [0.3, 0.4) is 0 Å². The van der Waals surface area contributed by atoms with Gasteiger partial charge in [0, 0.05) is 16.7 Å². The van der Waals surface area contributed by atoms with E-state index < -0.39 is 0 Å². The molecule has 1 saturated heterocycles. The molecule has 1 aromatic rings. The highest BCUT2D eigenvalue weighted by Crippen LogP contribution is 2.38. The lowest BCUT2D eigenvalue weighted by Crippen LogP contribution is -2.31. The van der Waals surface area contributed by atoms with Gasteiger partial charge in [-0.2, -0.15) is 11.8 Å². The van der Waals surface area contributed by atoms with Crippen LogP contribution < -0.4 is 0 Å². The third-order valence-corrected chi connectivity index (χ3v) is 4.46. The first-order valence-electron chi connectivity index (χ1n) is 6.18. The Kier molecular flexibility index (Phi) is 4.17. The fourth-order valence-corrected chi connectivity index (χ4v) is 3.44. The van der Waals surface area contributed by atoms with Crippen LogP contribution in [0.1, 0.15) is 30.4 Å². The van der Waals surface area contributed by atoms with Gasteiger partial charge in [-0.3, -0.25) is 4.79 Å². The first-order valence-corrected chi connectivity index (χ1v) is 7.23. The number of benzene rings is 1. The molecule has 18 heavy (non-hydrogen) atoms. The molecule has 0 spiro atoms. The number of carbonyl (C=O) groups is 1. The van der Waals surface area contributed by atoms with Gasteiger partial charge < -0.3 is 9.84 Å². The van der Waals surface area contributed by atoms with E-state index in [1.165, 1.54) is 0 Å². The van der Waals surface area contributed by atoms with Gasteiger partial charge in [0.15, 0.2) is 0 Å². The summed E-state index contributed by atoms with van der Waals surface area (Å²) in [5.41, 5.74) is 1.92. The number of aromatic hydroxyl groups is 1. The van der Waals surface area contributed by atoms with Crippen LogP contribution in [0, 0.1) is 6.92 Å². The number of phenolic OH excluding ortho intramolecular Hbond substituents is 1. The van der Waals surface area contributed by atoms with Crippen molar-refractivity contribution in [2.45, 2.75) is 31.4 Å². The van der Waals surface area contributed by atoms with Crippen molar-refractivity contribution in [3.05, 3.63) is 29.3 Å². The van der Waals surface area contributed by atoms with E-state index in [1.54, 1.807) is 17.8 Å². The number of thioether (sulfide) groups is 1. The zero-order chi connectivity index (χ0) is 13.1. The maximum atomic E-state index is 11.4. The van der Waals surface area contributed by atoms with Crippen molar-refractivity contribution in [3.8, 4) is 5.75 Å². The lowest BCUT2D eigenvalue weighted by molar-refractivity contribution is -0.147. The SMILES string of the molecule is CCS[C@@H]1CC(=O)OC[C@H]1c1ccc(C)cc1O. The summed E-state index contributed by atoms with van der Waals surface area (Å²) < 4.78 is 5.14. The van der Waals surface area contributed by atoms with Crippen molar-refractivity contribution in [1.29, 1.82) is 0 Å². The highest BCUT2D eigenvalue weighted by molar-refractivity contribution is 7.99. The van der Waals surface area contributed by atoms with Crippen molar-refractivity contribution in [3.63, 3.8) is 0 Å². The topological polar surface area (TPSA) is 46.5 Å². The van der Waals surface area contributed by atoms with E-state index in [-0.39, 0.29) is 17.1 Å². The third-order valence-electron chi connectivity index (χ3n) is 3.21. The van der Waals surface area contributed by atoms with Crippen LogP contribution in [0.4, 0.5) is 0 Å². The Labute approximate surface area is 112 Å². The number of hydrogen-bond donors (Lipinski definition) is 1. The van der Waals surface area contributed by atoms with Crippen molar-refractivity contribution in [2.75, 3.05) is 12.4 Å². The second kappa shape index (κ2) is 5.65. The van der Waals surface area contributed by atoms with E-state index in [0.717, 1.165) is 16.9 Å². The van der Waals surface area contributed by atoms with Crippen LogP contribution in [0.2, 0.25) is 0 Å². The number of phenols is 1. The molecule has 0 saturated carbocycles. The van der Waals surface area contributed by atoms with Crippen molar-refractivity contribution in [2.24, 2.45) is 0 Å². The summed E-state index contributed by atoms with van der Waals surface area (Å²) in [6.45, 7) is 4.40. The minimum Gasteiger partial charge on any atom is -0.508 e. The van der Waals surface area contributed by atoms with Crippen LogP contribution in [-0.2, 0) is 9.53 Å².